The van der Waals surface area contributed by atoms with Gasteiger partial charge >= 0.3 is 6.03 Å². The number of ether oxygens (including phenoxy) is 1. The number of carbonyl (C=O) groups is 1. The van der Waals surface area contributed by atoms with Crippen molar-refractivity contribution in [1.29, 1.82) is 0 Å². The number of aryl methyl sites for hydroxylation is 1. The lowest BCUT2D eigenvalue weighted by molar-refractivity contribution is -0.0332. The summed E-state index contributed by atoms with van der Waals surface area (Å²) in [7, 11) is 1.92. The average molecular weight is 507 g/mol. The summed E-state index contributed by atoms with van der Waals surface area (Å²) >= 11 is 0. The normalized spacial score (nSPS) is 32.3. The number of carbonyl (C=O) groups excluding carboxylic acids is 1. The number of anilines is 1. The van der Waals surface area contributed by atoms with Crippen molar-refractivity contribution in [2.75, 3.05) is 38.7 Å². The number of likely N-dealkylation sites (N-methyl/N-ethyl adjacent to an activating group) is 1. The van der Waals surface area contributed by atoms with Crippen molar-refractivity contribution < 1.29 is 19.7 Å². The van der Waals surface area contributed by atoms with Crippen LogP contribution in [-0.4, -0.2) is 97.4 Å². The Labute approximate surface area is 212 Å². The molecular formula is C24H42N8O4. The Balaban J connectivity index is 1.16. The summed E-state index contributed by atoms with van der Waals surface area (Å²) < 4.78 is 5.91. The summed E-state index contributed by atoms with van der Waals surface area (Å²) in [6.07, 6.45) is 0.984. The molecule has 11 N–H and O–H groups in total. The highest BCUT2D eigenvalue weighted by atomic mass is 16.6. The first-order valence-electron chi connectivity index (χ1n) is 12.9. The van der Waals surface area contributed by atoms with E-state index in [1.165, 1.54) is 17.5 Å². The quantitative estimate of drug-likeness (QED) is 0.172. The maximum absolute atomic E-state index is 12.4. The fourth-order valence-electron chi connectivity index (χ4n) is 5.16. The number of rotatable bonds is 9. The van der Waals surface area contributed by atoms with E-state index in [0.29, 0.717) is 26.3 Å². The van der Waals surface area contributed by atoms with Gasteiger partial charge < -0.3 is 42.0 Å². The Morgan fingerprint density at radius 1 is 1.19 bits per heavy atom. The smallest absolute Gasteiger partial charge is 0.319 e. The number of nitrogens with two attached hydrogens (primary N) is 2. The third-order valence-electron chi connectivity index (χ3n) is 7.30. The first-order valence-corrected chi connectivity index (χ1v) is 12.9. The second kappa shape index (κ2) is 12.6. The van der Waals surface area contributed by atoms with Crippen molar-refractivity contribution in [1.82, 2.24) is 26.2 Å². The number of aliphatic hydroxyl groups is 2. The van der Waals surface area contributed by atoms with Crippen molar-refractivity contribution in [3.8, 4) is 0 Å². The number of nitrogens with zero attached hydrogens (tertiary/aromatic N) is 1. The summed E-state index contributed by atoms with van der Waals surface area (Å²) in [6, 6.07) is 5.48. The minimum Gasteiger partial charge on any atom is -0.387 e. The van der Waals surface area contributed by atoms with Gasteiger partial charge in [-0.2, -0.15) is 0 Å². The van der Waals surface area contributed by atoms with E-state index in [-0.39, 0.29) is 18.4 Å². The number of benzene rings is 1. The lowest BCUT2D eigenvalue weighted by Gasteiger charge is -2.37. The van der Waals surface area contributed by atoms with Crippen LogP contribution in [0.15, 0.2) is 18.2 Å². The van der Waals surface area contributed by atoms with E-state index in [0.717, 1.165) is 31.4 Å². The number of fused-ring (bicyclic) bond motifs is 1. The zero-order valence-electron chi connectivity index (χ0n) is 21.0. The van der Waals surface area contributed by atoms with E-state index >= 15 is 0 Å². The van der Waals surface area contributed by atoms with E-state index in [1.54, 1.807) is 0 Å². The Morgan fingerprint density at radius 3 is 2.83 bits per heavy atom. The first kappa shape index (κ1) is 27.2. The van der Waals surface area contributed by atoms with Crippen LogP contribution in [0.3, 0.4) is 0 Å². The number of aliphatic hydroxyl groups excluding tert-OH is 2. The van der Waals surface area contributed by atoms with E-state index < -0.39 is 30.6 Å². The average Bonchev–Trinajstić information content (AvgIpc) is 3.12. The molecule has 2 fully saturated rings. The Kier molecular flexibility index (Phi) is 9.50. The van der Waals surface area contributed by atoms with Crippen LogP contribution in [0.25, 0.3) is 0 Å². The lowest BCUT2D eigenvalue weighted by Crippen LogP contribution is -2.72. The molecule has 1 aromatic carbocycles. The third kappa shape index (κ3) is 6.71. The zero-order chi connectivity index (χ0) is 25.7. The Bertz CT molecular complexity index is 877. The number of nitrogens with one attached hydrogen (secondary N) is 5. The SMILES string of the molecule is CN(CCCNC(=O)Nc1cccc2c1CCCC2)C[C@H]1O[C@@H](NC2NCNC(N)C2N)[C@H](O)[C@@H]1O. The van der Waals surface area contributed by atoms with Crippen LogP contribution in [0.2, 0.25) is 0 Å². The second-order valence-electron chi connectivity index (χ2n) is 10.1. The van der Waals surface area contributed by atoms with E-state index in [2.05, 4.69) is 32.7 Å². The predicted octanol–water partition coefficient (Wildman–Crippen LogP) is -1.87. The molecule has 7 atom stereocenters. The van der Waals surface area contributed by atoms with Gasteiger partial charge in [0.2, 0.25) is 0 Å². The van der Waals surface area contributed by atoms with E-state index in [4.69, 9.17) is 16.2 Å². The van der Waals surface area contributed by atoms with Crippen LogP contribution in [0, 0.1) is 0 Å². The molecule has 0 saturated carbocycles. The maximum Gasteiger partial charge on any atom is 0.319 e. The number of hydrogen-bond donors (Lipinski definition) is 9. The van der Waals surface area contributed by atoms with Gasteiger partial charge in [0.25, 0.3) is 0 Å². The molecule has 1 aromatic rings. The molecule has 2 heterocycles. The molecule has 2 aliphatic heterocycles. The summed E-state index contributed by atoms with van der Waals surface area (Å²) in [5.41, 5.74) is 15.5. The van der Waals surface area contributed by atoms with Gasteiger partial charge in [-0.05, 0) is 62.9 Å². The van der Waals surface area contributed by atoms with Crippen molar-refractivity contribution in [2.45, 2.75) is 75.0 Å². The Hall–Kier alpha value is -1.87. The molecule has 12 nitrogen and oxygen atoms in total. The zero-order valence-corrected chi connectivity index (χ0v) is 21.0. The van der Waals surface area contributed by atoms with E-state index in [1.807, 2.05) is 24.1 Å². The highest BCUT2D eigenvalue weighted by Gasteiger charge is 2.44. The monoisotopic (exact) mass is 506 g/mol. The van der Waals surface area contributed by atoms with Crippen LogP contribution in [-0.2, 0) is 17.6 Å². The van der Waals surface area contributed by atoms with Gasteiger partial charge in [0.15, 0.2) is 0 Å². The van der Waals surface area contributed by atoms with Crippen LogP contribution < -0.4 is 38.1 Å². The molecule has 2 amide bonds. The molecule has 202 valence electrons. The molecular weight excluding hydrogens is 464 g/mol. The van der Waals surface area contributed by atoms with Gasteiger partial charge in [-0.25, -0.2) is 4.79 Å². The second-order valence-corrected chi connectivity index (χ2v) is 10.1. The molecule has 0 spiro atoms. The molecule has 12 heteroatoms. The van der Waals surface area contributed by atoms with Gasteiger partial charge in [0, 0.05) is 25.4 Å². The molecule has 0 aromatic heterocycles. The summed E-state index contributed by atoms with van der Waals surface area (Å²) in [4.78, 5) is 14.4. The van der Waals surface area contributed by atoms with Gasteiger partial charge in [-0.15, -0.1) is 0 Å². The van der Waals surface area contributed by atoms with Crippen molar-refractivity contribution in [2.24, 2.45) is 11.5 Å². The molecule has 0 bridgehead atoms. The fourth-order valence-corrected chi connectivity index (χ4v) is 5.16. The van der Waals surface area contributed by atoms with Crippen LogP contribution >= 0.6 is 0 Å². The van der Waals surface area contributed by atoms with Gasteiger partial charge in [-0.1, -0.05) is 12.1 Å². The third-order valence-corrected chi connectivity index (χ3v) is 7.30. The number of hydrogen-bond acceptors (Lipinski definition) is 10. The minimum absolute atomic E-state index is 0.201. The molecule has 3 aliphatic rings. The molecule has 0 radical (unpaired) electrons. The largest absolute Gasteiger partial charge is 0.387 e. The van der Waals surface area contributed by atoms with Crippen molar-refractivity contribution in [3.05, 3.63) is 29.3 Å². The van der Waals surface area contributed by atoms with Crippen LogP contribution in [0.1, 0.15) is 30.4 Å². The summed E-state index contributed by atoms with van der Waals surface area (Å²) in [5, 5.41) is 36.2. The topological polar surface area (TPSA) is 182 Å². The standard InChI is InChI=1S/C24H42N8O4/c1-32(11-5-10-27-24(35)30-16-9-4-7-14-6-2-3-8-15(14)16)12-17-19(33)20(34)23(36-17)31-22-18(25)21(26)28-13-29-22/h4,7,9,17-23,28-29,31,33-34H,2-3,5-6,8,10-13,25-26H2,1H3,(H2,27,30,35)/t17-,18?,19-,20-,21?,22?,23-/m1/s1. The van der Waals surface area contributed by atoms with Gasteiger partial charge in [0.05, 0.1) is 18.4 Å². The Morgan fingerprint density at radius 2 is 2.00 bits per heavy atom. The number of urea groups is 1. The molecule has 2 saturated heterocycles. The molecule has 1 aliphatic carbocycles. The summed E-state index contributed by atoms with van der Waals surface area (Å²) in [5.74, 6) is 0. The summed E-state index contributed by atoms with van der Waals surface area (Å²) in [6.45, 7) is 2.12. The first-order chi connectivity index (χ1) is 17.3. The van der Waals surface area contributed by atoms with Gasteiger partial charge in [-0.3, -0.25) is 16.0 Å². The minimum atomic E-state index is -1.09. The van der Waals surface area contributed by atoms with Crippen LogP contribution in [0.4, 0.5) is 10.5 Å². The van der Waals surface area contributed by atoms with Crippen LogP contribution in [0.5, 0.6) is 0 Å². The fraction of sp³-hybridized carbons (Fsp3) is 0.708. The van der Waals surface area contributed by atoms with E-state index in [9.17, 15) is 15.0 Å². The molecule has 4 rings (SSSR count). The predicted molar refractivity (Wildman–Crippen MR) is 137 cm³/mol. The molecule has 36 heavy (non-hydrogen) atoms. The highest BCUT2D eigenvalue weighted by molar-refractivity contribution is 5.90. The maximum atomic E-state index is 12.4. The van der Waals surface area contributed by atoms with Crippen molar-refractivity contribution >= 4 is 11.7 Å². The number of amides is 2. The van der Waals surface area contributed by atoms with Gasteiger partial charge in [0.1, 0.15) is 24.5 Å². The van der Waals surface area contributed by atoms with Crippen molar-refractivity contribution in [3.63, 3.8) is 0 Å². The molecule has 3 unspecified atom stereocenters. The lowest BCUT2D eigenvalue weighted by atomic mass is 9.90. The highest BCUT2D eigenvalue weighted by Crippen LogP contribution is 2.27.